The van der Waals surface area contributed by atoms with Crippen LogP contribution in [-0.4, -0.2) is 36.7 Å². The summed E-state index contributed by atoms with van der Waals surface area (Å²) >= 11 is 9.43. The zero-order chi connectivity index (χ0) is 14.5. The van der Waals surface area contributed by atoms with Crippen molar-refractivity contribution in [3.8, 4) is 0 Å². The molecule has 4 nitrogen and oxygen atoms in total. The lowest BCUT2D eigenvalue weighted by atomic mass is 10.1. The zero-order valence-electron chi connectivity index (χ0n) is 11.4. The Morgan fingerprint density at radius 2 is 2.20 bits per heavy atom. The summed E-state index contributed by atoms with van der Waals surface area (Å²) in [5.41, 5.74) is 1.03. The topological polar surface area (TPSA) is 41.6 Å². The Bertz CT molecular complexity index is 476. The molecule has 1 aromatic rings. The first-order chi connectivity index (χ1) is 9.60. The van der Waals surface area contributed by atoms with Crippen LogP contribution in [0.25, 0.3) is 0 Å². The van der Waals surface area contributed by atoms with Crippen molar-refractivity contribution in [3.05, 3.63) is 27.7 Å². The van der Waals surface area contributed by atoms with Gasteiger partial charge in [0, 0.05) is 34.3 Å². The monoisotopic (exact) mass is 360 g/mol. The Labute approximate surface area is 132 Å². The molecule has 0 aliphatic carbocycles. The van der Waals surface area contributed by atoms with Gasteiger partial charge in [0.2, 0.25) is 0 Å². The lowest BCUT2D eigenvalue weighted by Gasteiger charge is -2.32. The largest absolute Gasteiger partial charge is 0.450 e. The van der Waals surface area contributed by atoms with Crippen molar-refractivity contribution < 1.29 is 9.53 Å². The van der Waals surface area contributed by atoms with Crippen LogP contribution in [0.3, 0.4) is 0 Å². The number of benzene rings is 1. The summed E-state index contributed by atoms with van der Waals surface area (Å²) in [6.07, 6.45) is 1.61. The molecule has 1 amide bonds. The summed E-state index contributed by atoms with van der Waals surface area (Å²) in [6.45, 7) is 3.70. The van der Waals surface area contributed by atoms with E-state index in [2.05, 4.69) is 21.2 Å². The second-order valence-corrected chi connectivity index (χ2v) is 6.02. The third-order valence-corrected chi connectivity index (χ3v) is 4.20. The first-order valence-electron chi connectivity index (χ1n) is 6.73. The number of likely N-dealkylation sites (tertiary alicyclic amines) is 1. The summed E-state index contributed by atoms with van der Waals surface area (Å²) in [7, 11) is 0. The van der Waals surface area contributed by atoms with Gasteiger partial charge in [-0.15, -0.1) is 0 Å². The summed E-state index contributed by atoms with van der Waals surface area (Å²) in [4.78, 5) is 13.4. The molecule has 1 aromatic carbocycles. The predicted octanol–water partition coefficient (Wildman–Crippen LogP) is 4.14. The minimum absolute atomic E-state index is 0.210. The molecule has 1 saturated heterocycles. The summed E-state index contributed by atoms with van der Waals surface area (Å²) < 4.78 is 5.97. The molecule has 0 radical (unpaired) electrons. The lowest BCUT2D eigenvalue weighted by Crippen LogP contribution is -2.42. The second-order valence-electron chi connectivity index (χ2n) is 4.73. The van der Waals surface area contributed by atoms with Crippen molar-refractivity contribution in [3.63, 3.8) is 0 Å². The molecule has 0 spiro atoms. The van der Waals surface area contributed by atoms with Crippen LogP contribution in [0.5, 0.6) is 0 Å². The van der Waals surface area contributed by atoms with E-state index < -0.39 is 0 Å². The Balaban J connectivity index is 1.86. The highest BCUT2D eigenvalue weighted by atomic mass is 79.9. The molecule has 6 heteroatoms. The number of hydrogen-bond donors (Lipinski definition) is 1. The fourth-order valence-corrected chi connectivity index (χ4v) is 3.04. The van der Waals surface area contributed by atoms with Crippen molar-refractivity contribution in [2.24, 2.45) is 0 Å². The van der Waals surface area contributed by atoms with E-state index in [4.69, 9.17) is 16.3 Å². The number of ether oxygens (including phenoxy) is 1. The standard InChI is InChI=1S/C14H18BrClN2O2/c1-2-20-14(19)18-7-5-11(6-8-18)17-13-4-3-10(16)9-12(13)15/h3-4,9,11,17H,2,5-8H2,1H3. The van der Waals surface area contributed by atoms with Crippen LogP contribution in [0, 0.1) is 0 Å². The SMILES string of the molecule is CCOC(=O)N1CCC(Nc2ccc(Cl)cc2Br)CC1. The summed E-state index contributed by atoms with van der Waals surface area (Å²) in [6, 6.07) is 6.06. The van der Waals surface area contributed by atoms with Gasteiger partial charge in [-0.25, -0.2) is 4.79 Å². The normalized spacial score (nSPS) is 16.1. The van der Waals surface area contributed by atoms with Crippen molar-refractivity contribution in [2.75, 3.05) is 25.0 Å². The van der Waals surface area contributed by atoms with E-state index in [-0.39, 0.29) is 6.09 Å². The van der Waals surface area contributed by atoms with Crippen LogP contribution >= 0.6 is 27.5 Å². The predicted molar refractivity (Wildman–Crippen MR) is 84.4 cm³/mol. The van der Waals surface area contributed by atoms with E-state index in [1.807, 2.05) is 25.1 Å². The maximum Gasteiger partial charge on any atom is 0.409 e. The number of halogens is 2. The summed E-state index contributed by atoms with van der Waals surface area (Å²) in [5.74, 6) is 0. The molecule has 0 bridgehead atoms. The maximum absolute atomic E-state index is 11.6. The van der Waals surface area contributed by atoms with Crippen LogP contribution in [0.15, 0.2) is 22.7 Å². The second kappa shape index (κ2) is 7.18. The van der Waals surface area contributed by atoms with E-state index in [1.54, 1.807) is 4.90 Å². The average molecular weight is 362 g/mol. The minimum atomic E-state index is -0.210. The molecule has 1 heterocycles. The Morgan fingerprint density at radius 1 is 1.50 bits per heavy atom. The van der Waals surface area contributed by atoms with E-state index in [0.29, 0.717) is 17.7 Å². The number of amides is 1. The van der Waals surface area contributed by atoms with Gasteiger partial charge in [0.25, 0.3) is 0 Å². The average Bonchev–Trinajstić information content (AvgIpc) is 2.43. The Hall–Kier alpha value is -0.940. The highest BCUT2D eigenvalue weighted by Crippen LogP contribution is 2.28. The minimum Gasteiger partial charge on any atom is -0.450 e. The highest BCUT2D eigenvalue weighted by molar-refractivity contribution is 9.10. The van der Waals surface area contributed by atoms with Gasteiger partial charge >= 0.3 is 6.09 Å². The molecular formula is C14H18BrClN2O2. The number of rotatable bonds is 3. The number of hydrogen-bond acceptors (Lipinski definition) is 3. The molecule has 0 unspecified atom stereocenters. The van der Waals surface area contributed by atoms with E-state index in [0.717, 1.165) is 36.1 Å². The Morgan fingerprint density at radius 3 is 2.80 bits per heavy atom. The summed E-state index contributed by atoms with van der Waals surface area (Å²) in [5, 5.41) is 4.19. The molecule has 0 aromatic heterocycles. The van der Waals surface area contributed by atoms with E-state index in [1.165, 1.54) is 0 Å². The molecule has 2 rings (SSSR count). The van der Waals surface area contributed by atoms with Crippen LogP contribution in [0.1, 0.15) is 19.8 Å². The van der Waals surface area contributed by atoms with Crippen LogP contribution in [0.4, 0.5) is 10.5 Å². The van der Waals surface area contributed by atoms with Crippen molar-refractivity contribution in [1.82, 2.24) is 4.90 Å². The molecule has 0 atom stereocenters. The fraction of sp³-hybridized carbons (Fsp3) is 0.500. The lowest BCUT2D eigenvalue weighted by molar-refractivity contribution is 0.0983. The quantitative estimate of drug-likeness (QED) is 0.880. The molecule has 0 saturated carbocycles. The van der Waals surface area contributed by atoms with Gasteiger partial charge in [-0.1, -0.05) is 11.6 Å². The molecule has 1 aliphatic heterocycles. The van der Waals surface area contributed by atoms with Crippen LogP contribution in [0.2, 0.25) is 5.02 Å². The smallest absolute Gasteiger partial charge is 0.409 e. The van der Waals surface area contributed by atoms with Gasteiger partial charge in [-0.3, -0.25) is 0 Å². The van der Waals surface area contributed by atoms with Gasteiger partial charge < -0.3 is 15.0 Å². The molecule has 20 heavy (non-hydrogen) atoms. The molecule has 1 aliphatic rings. The molecular weight excluding hydrogens is 344 g/mol. The first kappa shape index (κ1) is 15.4. The van der Waals surface area contributed by atoms with Crippen LogP contribution < -0.4 is 5.32 Å². The van der Waals surface area contributed by atoms with Crippen LogP contribution in [-0.2, 0) is 4.74 Å². The van der Waals surface area contributed by atoms with Gasteiger partial charge in [0.05, 0.1) is 6.61 Å². The van der Waals surface area contributed by atoms with Gasteiger partial charge in [-0.05, 0) is 53.9 Å². The number of nitrogens with zero attached hydrogens (tertiary/aromatic N) is 1. The number of carbonyl (C=O) groups is 1. The van der Waals surface area contributed by atoms with E-state index in [9.17, 15) is 4.79 Å². The van der Waals surface area contributed by atoms with Crippen molar-refractivity contribution >= 4 is 39.3 Å². The maximum atomic E-state index is 11.6. The highest BCUT2D eigenvalue weighted by Gasteiger charge is 2.23. The Kier molecular flexibility index (Phi) is 5.54. The third-order valence-electron chi connectivity index (χ3n) is 3.31. The molecule has 110 valence electrons. The van der Waals surface area contributed by atoms with Crippen molar-refractivity contribution in [2.45, 2.75) is 25.8 Å². The zero-order valence-corrected chi connectivity index (χ0v) is 13.7. The molecule has 1 N–H and O–H groups in total. The number of nitrogens with one attached hydrogen (secondary N) is 1. The van der Waals surface area contributed by atoms with Crippen molar-refractivity contribution in [1.29, 1.82) is 0 Å². The number of carbonyl (C=O) groups excluding carboxylic acids is 1. The number of piperidine rings is 1. The van der Waals surface area contributed by atoms with Gasteiger partial charge in [0.15, 0.2) is 0 Å². The third kappa shape index (κ3) is 4.03. The fourth-order valence-electron chi connectivity index (χ4n) is 2.25. The molecule has 1 fully saturated rings. The van der Waals surface area contributed by atoms with E-state index >= 15 is 0 Å². The first-order valence-corrected chi connectivity index (χ1v) is 7.90. The number of anilines is 1. The van der Waals surface area contributed by atoms with Gasteiger partial charge in [-0.2, -0.15) is 0 Å². The van der Waals surface area contributed by atoms with Gasteiger partial charge in [0.1, 0.15) is 0 Å².